The van der Waals surface area contributed by atoms with Crippen LogP contribution in [0.4, 0.5) is 0 Å². The van der Waals surface area contributed by atoms with E-state index in [9.17, 15) is 14.4 Å². The Labute approximate surface area is 144 Å². The maximum Gasteiger partial charge on any atom is 0.325 e. The van der Waals surface area contributed by atoms with Gasteiger partial charge in [0.15, 0.2) is 0 Å². The molecule has 0 aliphatic heterocycles. The van der Waals surface area contributed by atoms with Gasteiger partial charge in [0, 0.05) is 27.5 Å². The second-order valence-electron chi connectivity index (χ2n) is 5.76. The van der Waals surface area contributed by atoms with Crippen LogP contribution in [0.5, 0.6) is 0 Å². The molecule has 0 saturated carbocycles. The van der Waals surface area contributed by atoms with Crippen LogP contribution in [0.15, 0.2) is 35.5 Å². The largest absolute Gasteiger partial charge is 0.468 e. The first-order valence-corrected chi connectivity index (χ1v) is 8.06. The van der Waals surface area contributed by atoms with Crippen molar-refractivity contribution in [3.05, 3.63) is 35.5 Å². The van der Waals surface area contributed by atoms with Crippen molar-refractivity contribution in [3.63, 3.8) is 0 Å². The van der Waals surface area contributed by atoms with Gasteiger partial charge in [0.25, 0.3) is 5.91 Å². The molecule has 0 bridgehead atoms. The number of rotatable bonds is 8. The summed E-state index contributed by atoms with van der Waals surface area (Å²) in [6.07, 6.45) is 11.6. The van der Waals surface area contributed by atoms with Crippen LogP contribution in [0.1, 0.15) is 33.5 Å². The Morgan fingerprint density at radius 2 is 2.12 bits per heavy atom. The molecule has 0 atom stereocenters. The highest BCUT2D eigenvalue weighted by molar-refractivity contribution is 5.98. The minimum Gasteiger partial charge on any atom is -0.468 e. The number of unbranched alkanes of at least 4 members (excludes halogenated alkanes) is 1. The van der Waals surface area contributed by atoms with E-state index >= 15 is 0 Å². The lowest BCUT2D eigenvalue weighted by Gasteiger charge is -2.11. The second-order valence-corrected chi connectivity index (χ2v) is 5.76. The van der Waals surface area contributed by atoms with E-state index in [2.05, 4.69) is 10.1 Å². The van der Waals surface area contributed by atoms with Crippen molar-refractivity contribution in [2.24, 2.45) is 0 Å². The standard InChI is InChI=1S/C18H26N2O4.H2/c1-20(2)16(21)11-6-4-5-8-14-9-7-10-15(12-14)18(23)19-13-17(22)24-3;/h5,8,10,12H,4,6-7,9,11,13H2,1-3H3,(H,19,23);1H/b8-5-;. The predicted molar refractivity (Wildman–Crippen MR) is 94.2 cm³/mol. The molecule has 2 amide bonds. The van der Waals surface area contributed by atoms with Gasteiger partial charge in [-0.1, -0.05) is 18.2 Å². The third-order valence-electron chi connectivity index (χ3n) is 3.61. The minimum absolute atomic E-state index is 0. The molecule has 1 aliphatic rings. The first-order valence-electron chi connectivity index (χ1n) is 8.06. The second kappa shape index (κ2) is 10.4. The third-order valence-corrected chi connectivity index (χ3v) is 3.61. The number of carbonyl (C=O) groups excluding carboxylic acids is 3. The van der Waals surface area contributed by atoms with Gasteiger partial charge >= 0.3 is 5.97 Å². The van der Waals surface area contributed by atoms with Gasteiger partial charge < -0.3 is 15.0 Å². The lowest BCUT2D eigenvalue weighted by molar-refractivity contribution is -0.140. The molecule has 24 heavy (non-hydrogen) atoms. The van der Waals surface area contributed by atoms with Crippen LogP contribution in [0.2, 0.25) is 0 Å². The first-order chi connectivity index (χ1) is 11.4. The van der Waals surface area contributed by atoms with Crippen LogP contribution < -0.4 is 5.32 Å². The van der Waals surface area contributed by atoms with Crippen LogP contribution >= 0.6 is 0 Å². The smallest absolute Gasteiger partial charge is 0.325 e. The fraction of sp³-hybridized carbons (Fsp3) is 0.500. The van der Waals surface area contributed by atoms with E-state index in [0.29, 0.717) is 12.0 Å². The third kappa shape index (κ3) is 7.26. The maximum absolute atomic E-state index is 12.0. The summed E-state index contributed by atoms with van der Waals surface area (Å²) < 4.78 is 4.49. The highest BCUT2D eigenvalue weighted by Gasteiger charge is 2.12. The Kier molecular flexibility index (Phi) is 8.54. The molecular weight excluding hydrogens is 308 g/mol. The van der Waals surface area contributed by atoms with Gasteiger partial charge in [0.1, 0.15) is 6.54 Å². The Bertz CT molecular complexity index is 565. The van der Waals surface area contributed by atoms with Gasteiger partial charge in [-0.15, -0.1) is 0 Å². The van der Waals surface area contributed by atoms with Crippen molar-refractivity contribution in [2.45, 2.75) is 32.1 Å². The van der Waals surface area contributed by atoms with E-state index in [0.717, 1.165) is 31.3 Å². The zero-order valence-corrected chi connectivity index (χ0v) is 14.6. The number of allylic oxidation sites excluding steroid dienone is 4. The number of nitrogens with one attached hydrogen (secondary N) is 1. The molecule has 6 heteroatoms. The molecule has 1 N–H and O–H groups in total. The molecule has 0 radical (unpaired) electrons. The normalized spacial score (nSPS) is 14.0. The van der Waals surface area contributed by atoms with Crippen molar-refractivity contribution in [2.75, 3.05) is 27.7 Å². The minimum atomic E-state index is -0.476. The highest BCUT2D eigenvalue weighted by atomic mass is 16.5. The molecule has 1 aliphatic carbocycles. The highest BCUT2D eigenvalue weighted by Crippen LogP contribution is 2.19. The first kappa shape index (κ1) is 19.7. The Balaban J connectivity index is 0.00000576. The Morgan fingerprint density at radius 1 is 1.38 bits per heavy atom. The topological polar surface area (TPSA) is 75.7 Å². The molecule has 0 aromatic heterocycles. The Morgan fingerprint density at radius 3 is 2.79 bits per heavy atom. The average Bonchev–Trinajstić information content (AvgIpc) is 2.58. The van der Waals surface area contributed by atoms with Crippen LogP contribution in [0.25, 0.3) is 0 Å². The molecule has 0 heterocycles. The number of hydrogen-bond donors (Lipinski definition) is 1. The summed E-state index contributed by atoms with van der Waals surface area (Å²) in [5.74, 6) is -0.619. The summed E-state index contributed by atoms with van der Waals surface area (Å²) in [5.41, 5.74) is 1.63. The molecule has 134 valence electrons. The average molecular weight is 336 g/mol. The van der Waals surface area contributed by atoms with Crippen LogP contribution in [0.3, 0.4) is 0 Å². The van der Waals surface area contributed by atoms with Crippen molar-refractivity contribution in [1.82, 2.24) is 10.2 Å². The molecule has 1 rings (SSSR count). The fourth-order valence-electron chi connectivity index (χ4n) is 2.17. The summed E-state index contributed by atoms with van der Waals surface area (Å²) in [5, 5.41) is 2.53. The van der Waals surface area contributed by atoms with Gasteiger partial charge in [-0.05, 0) is 37.3 Å². The molecule has 0 aromatic carbocycles. The Hall–Kier alpha value is -2.37. The summed E-state index contributed by atoms with van der Waals surface area (Å²) >= 11 is 0. The summed E-state index contributed by atoms with van der Waals surface area (Å²) in [6.45, 7) is -0.133. The summed E-state index contributed by atoms with van der Waals surface area (Å²) in [7, 11) is 4.79. The van der Waals surface area contributed by atoms with E-state index in [1.807, 2.05) is 24.3 Å². The lowest BCUT2D eigenvalue weighted by Crippen LogP contribution is -2.31. The molecule has 0 fully saturated rings. The maximum atomic E-state index is 12.0. The summed E-state index contributed by atoms with van der Waals surface area (Å²) in [6, 6.07) is 0. The molecule has 0 aromatic rings. The number of hydrogen-bond acceptors (Lipinski definition) is 4. The van der Waals surface area contributed by atoms with E-state index in [1.54, 1.807) is 19.0 Å². The van der Waals surface area contributed by atoms with E-state index in [4.69, 9.17) is 0 Å². The molecule has 0 unspecified atom stereocenters. The SMILES string of the molecule is COC(=O)CNC(=O)C1=CCCC(/C=C\CCCC(=O)N(C)C)=C1.[HH]. The summed E-state index contributed by atoms with van der Waals surface area (Å²) in [4.78, 5) is 36.1. The van der Waals surface area contributed by atoms with Crippen molar-refractivity contribution >= 4 is 17.8 Å². The van der Waals surface area contributed by atoms with Gasteiger partial charge in [0.2, 0.25) is 5.91 Å². The number of esters is 1. The number of amides is 2. The molecule has 0 saturated heterocycles. The van der Waals surface area contributed by atoms with E-state index < -0.39 is 5.97 Å². The van der Waals surface area contributed by atoms with Crippen LogP contribution in [-0.4, -0.2) is 50.4 Å². The number of carbonyl (C=O) groups is 3. The van der Waals surface area contributed by atoms with E-state index in [1.165, 1.54) is 7.11 Å². The number of methoxy groups -OCH3 is 1. The van der Waals surface area contributed by atoms with Gasteiger partial charge in [0.05, 0.1) is 7.11 Å². The number of ether oxygens (including phenoxy) is 1. The van der Waals surface area contributed by atoms with Crippen molar-refractivity contribution < 1.29 is 20.5 Å². The quantitative estimate of drug-likeness (QED) is 0.543. The van der Waals surface area contributed by atoms with Crippen molar-refractivity contribution in [3.8, 4) is 0 Å². The van der Waals surface area contributed by atoms with Gasteiger partial charge in [-0.3, -0.25) is 14.4 Å². The van der Waals surface area contributed by atoms with Crippen LogP contribution in [-0.2, 0) is 19.1 Å². The van der Waals surface area contributed by atoms with E-state index in [-0.39, 0.29) is 19.8 Å². The monoisotopic (exact) mass is 336 g/mol. The number of nitrogens with zero attached hydrogens (tertiary/aromatic N) is 1. The fourth-order valence-corrected chi connectivity index (χ4v) is 2.17. The molecule has 0 spiro atoms. The van der Waals surface area contributed by atoms with Crippen molar-refractivity contribution in [1.29, 1.82) is 0 Å². The molecule has 6 nitrogen and oxygen atoms in total. The lowest BCUT2D eigenvalue weighted by atomic mass is 9.98. The zero-order chi connectivity index (χ0) is 17.9. The predicted octanol–water partition coefficient (Wildman–Crippen LogP) is 1.98. The van der Waals surface area contributed by atoms with Gasteiger partial charge in [-0.2, -0.15) is 0 Å². The van der Waals surface area contributed by atoms with Crippen LogP contribution in [0, 0.1) is 0 Å². The zero-order valence-electron chi connectivity index (χ0n) is 14.6. The van der Waals surface area contributed by atoms with Gasteiger partial charge in [-0.25, -0.2) is 0 Å². The molecular formula is C18H28N2O4.